The molecule has 4 atom stereocenters. The predicted molar refractivity (Wildman–Crippen MR) is 110 cm³/mol. The van der Waals surface area contributed by atoms with Gasteiger partial charge in [-0.2, -0.15) is 0 Å². The van der Waals surface area contributed by atoms with Crippen LogP contribution >= 0.6 is 15.9 Å². The van der Waals surface area contributed by atoms with Crippen LogP contribution in [-0.2, 0) is 19.9 Å². The molecule has 4 aliphatic heterocycles. The Morgan fingerprint density at radius 3 is 2.73 bits per heavy atom. The molecule has 4 heterocycles. The first-order valence-electron chi connectivity index (χ1n) is 9.96. The first kappa shape index (κ1) is 18.2. The van der Waals surface area contributed by atoms with E-state index in [-0.39, 0.29) is 17.9 Å². The van der Waals surface area contributed by atoms with Gasteiger partial charge in [0.15, 0.2) is 0 Å². The molecule has 0 unspecified atom stereocenters. The second kappa shape index (κ2) is 5.98. The van der Waals surface area contributed by atoms with Gasteiger partial charge in [0.1, 0.15) is 11.4 Å². The highest BCUT2D eigenvalue weighted by Crippen LogP contribution is 2.60. The van der Waals surface area contributed by atoms with E-state index in [1.165, 1.54) is 23.1 Å². The lowest BCUT2D eigenvalue weighted by atomic mass is 9.75. The van der Waals surface area contributed by atoms with Crippen LogP contribution in [0.2, 0.25) is 0 Å². The molecule has 0 radical (unpaired) electrons. The third-order valence-electron chi connectivity index (χ3n) is 7.02. The number of benzene rings is 2. The molecule has 0 saturated carbocycles. The van der Waals surface area contributed by atoms with Crippen molar-refractivity contribution in [2.45, 2.75) is 24.4 Å². The van der Waals surface area contributed by atoms with E-state index >= 15 is 0 Å². The number of anilines is 2. The van der Waals surface area contributed by atoms with Crippen LogP contribution in [-0.4, -0.2) is 35.2 Å². The van der Waals surface area contributed by atoms with Crippen molar-refractivity contribution >= 4 is 45.0 Å². The number of fused-ring (bicyclic) bond motifs is 7. The molecule has 3 fully saturated rings. The van der Waals surface area contributed by atoms with Gasteiger partial charge in [-0.25, -0.2) is 9.29 Å². The average molecular weight is 470 g/mol. The van der Waals surface area contributed by atoms with E-state index in [1.807, 2.05) is 11.0 Å². The molecule has 0 aliphatic carbocycles. The number of hydrogen-bond donors (Lipinski definition) is 1. The van der Waals surface area contributed by atoms with Crippen LogP contribution in [0, 0.1) is 17.7 Å². The molecule has 1 N–H and O–H groups in total. The molecule has 4 aliphatic rings. The highest BCUT2D eigenvalue weighted by molar-refractivity contribution is 9.10. The Morgan fingerprint density at radius 2 is 1.93 bits per heavy atom. The summed E-state index contributed by atoms with van der Waals surface area (Å²) in [5.41, 5.74) is 0.0980. The summed E-state index contributed by atoms with van der Waals surface area (Å²) in [4.78, 5) is 43.9. The minimum atomic E-state index is -1.35. The summed E-state index contributed by atoms with van der Waals surface area (Å²) < 4.78 is 15.0. The maximum absolute atomic E-state index is 14.2. The number of carbonyl (C=O) groups excluding carboxylic acids is 3. The number of hydrogen-bond acceptors (Lipinski definition) is 4. The van der Waals surface area contributed by atoms with Gasteiger partial charge in [-0.05, 0) is 55.8 Å². The zero-order valence-electron chi connectivity index (χ0n) is 15.8. The van der Waals surface area contributed by atoms with Gasteiger partial charge in [0.05, 0.1) is 17.5 Å². The summed E-state index contributed by atoms with van der Waals surface area (Å²) in [6, 6.07) is 11.0. The van der Waals surface area contributed by atoms with Gasteiger partial charge in [-0.1, -0.05) is 22.0 Å². The Morgan fingerprint density at radius 1 is 1.10 bits per heavy atom. The third-order valence-corrected chi connectivity index (χ3v) is 7.51. The van der Waals surface area contributed by atoms with Gasteiger partial charge in [-0.3, -0.25) is 19.3 Å². The first-order chi connectivity index (χ1) is 14.4. The number of nitrogens with one attached hydrogen (secondary N) is 1. The number of nitrogens with zero attached hydrogens (tertiary/aromatic N) is 2. The molecule has 8 heteroatoms. The Kier molecular flexibility index (Phi) is 3.63. The third kappa shape index (κ3) is 2.03. The van der Waals surface area contributed by atoms with Crippen molar-refractivity contribution in [2.75, 3.05) is 16.8 Å². The van der Waals surface area contributed by atoms with Crippen LogP contribution in [0.5, 0.6) is 0 Å². The summed E-state index contributed by atoms with van der Waals surface area (Å²) in [6.07, 6.45) is 1.55. The molecule has 2 aromatic rings. The lowest BCUT2D eigenvalue weighted by Gasteiger charge is -2.36. The monoisotopic (exact) mass is 469 g/mol. The lowest BCUT2D eigenvalue weighted by molar-refractivity contribution is -0.135. The molecule has 0 bridgehead atoms. The number of rotatable bonds is 1. The van der Waals surface area contributed by atoms with Crippen LogP contribution in [0.15, 0.2) is 46.9 Å². The Bertz CT molecular complexity index is 1150. The number of carbonyl (C=O) groups is 3. The van der Waals surface area contributed by atoms with Gasteiger partial charge in [0.2, 0.25) is 17.7 Å². The molecule has 2 aromatic carbocycles. The largest absolute Gasteiger partial charge is 0.324 e. The van der Waals surface area contributed by atoms with E-state index in [2.05, 4.69) is 21.2 Å². The maximum atomic E-state index is 14.2. The van der Waals surface area contributed by atoms with Gasteiger partial charge < -0.3 is 5.32 Å². The van der Waals surface area contributed by atoms with Gasteiger partial charge in [0.25, 0.3) is 0 Å². The zero-order chi connectivity index (χ0) is 20.8. The van der Waals surface area contributed by atoms with Crippen molar-refractivity contribution in [3.8, 4) is 0 Å². The summed E-state index contributed by atoms with van der Waals surface area (Å²) >= 11 is 3.39. The molecule has 152 valence electrons. The van der Waals surface area contributed by atoms with Gasteiger partial charge in [0, 0.05) is 21.8 Å². The fraction of sp³-hybridized carbons (Fsp3) is 0.318. The van der Waals surface area contributed by atoms with Gasteiger partial charge in [-0.15, -0.1) is 0 Å². The number of imide groups is 1. The molecule has 0 aromatic heterocycles. The van der Waals surface area contributed by atoms with Crippen LogP contribution < -0.4 is 10.2 Å². The van der Waals surface area contributed by atoms with E-state index in [4.69, 9.17) is 0 Å². The van der Waals surface area contributed by atoms with Crippen molar-refractivity contribution in [3.05, 3.63) is 58.3 Å². The molecule has 6 rings (SSSR count). The Balaban J connectivity index is 1.57. The van der Waals surface area contributed by atoms with Crippen LogP contribution in [0.25, 0.3) is 0 Å². The fourth-order valence-corrected chi connectivity index (χ4v) is 6.43. The summed E-state index contributed by atoms with van der Waals surface area (Å²) in [5.74, 6) is -3.00. The van der Waals surface area contributed by atoms with E-state index in [0.29, 0.717) is 23.5 Å². The zero-order valence-corrected chi connectivity index (χ0v) is 17.4. The lowest BCUT2D eigenvalue weighted by Crippen LogP contribution is -2.54. The minimum Gasteiger partial charge on any atom is -0.324 e. The molecule has 6 nitrogen and oxygen atoms in total. The van der Waals surface area contributed by atoms with Crippen molar-refractivity contribution in [3.63, 3.8) is 0 Å². The first-order valence-corrected chi connectivity index (χ1v) is 10.8. The summed E-state index contributed by atoms with van der Waals surface area (Å²) in [6.45, 7) is 0.596. The molecular weight excluding hydrogens is 453 g/mol. The standard InChI is InChI=1S/C22H17BrFN3O3/c23-11-3-1-4-13(9-11)27-19(28)17-16-5-2-8-26(16)22(18(17)20(27)29)14-10-12(24)6-7-15(14)25-21(22)30/h1,3-4,6-7,9-10,16-18H,2,5,8H2,(H,25,30)/t16-,17-,18+,22-/m1/s1. The minimum absolute atomic E-state index is 0.219. The maximum Gasteiger partial charge on any atom is 0.250 e. The van der Waals surface area contributed by atoms with Crippen molar-refractivity contribution < 1.29 is 18.8 Å². The Labute approximate surface area is 180 Å². The summed E-state index contributed by atoms with van der Waals surface area (Å²) in [5, 5.41) is 2.84. The van der Waals surface area contributed by atoms with Crippen molar-refractivity contribution in [1.29, 1.82) is 0 Å². The van der Waals surface area contributed by atoms with Crippen molar-refractivity contribution in [2.24, 2.45) is 11.8 Å². The highest BCUT2D eigenvalue weighted by atomic mass is 79.9. The molecule has 1 spiro atoms. The highest BCUT2D eigenvalue weighted by Gasteiger charge is 2.74. The Hall–Kier alpha value is -2.58. The van der Waals surface area contributed by atoms with Crippen LogP contribution in [0.1, 0.15) is 18.4 Å². The molecular formula is C22H17BrFN3O3. The summed E-state index contributed by atoms with van der Waals surface area (Å²) in [7, 11) is 0. The smallest absolute Gasteiger partial charge is 0.250 e. The predicted octanol–water partition coefficient (Wildman–Crippen LogP) is 3.02. The van der Waals surface area contributed by atoms with Crippen LogP contribution in [0.4, 0.5) is 15.8 Å². The van der Waals surface area contributed by atoms with Gasteiger partial charge >= 0.3 is 0 Å². The molecule has 3 saturated heterocycles. The number of amides is 3. The quantitative estimate of drug-likeness (QED) is 0.651. The average Bonchev–Trinajstić information content (AvgIpc) is 3.40. The SMILES string of the molecule is O=C1[C@@H]2[C@H]3CCCN3[C@@]3(C(=O)Nc4ccc(F)cc43)[C@@H]2C(=O)N1c1cccc(Br)c1. The van der Waals surface area contributed by atoms with E-state index in [1.54, 1.807) is 18.2 Å². The molecule has 3 amide bonds. The topological polar surface area (TPSA) is 69.7 Å². The molecule has 30 heavy (non-hydrogen) atoms. The van der Waals surface area contributed by atoms with E-state index in [0.717, 1.165) is 17.3 Å². The van der Waals surface area contributed by atoms with E-state index < -0.39 is 29.1 Å². The second-order valence-corrected chi connectivity index (χ2v) is 9.22. The van der Waals surface area contributed by atoms with E-state index in [9.17, 15) is 18.8 Å². The van der Waals surface area contributed by atoms with Crippen molar-refractivity contribution in [1.82, 2.24) is 4.90 Å². The fourth-order valence-electron chi connectivity index (χ4n) is 6.04. The second-order valence-electron chi connectivity index (χ2n) is 8.31. The van der Waals surface area contributed by atoms with Crippen LogP contribution in [0.3, 0.4) is 0 Å². The normalized spacial score (nSPS) is 32.0. The number of halogens is 2.